The van der Waals surface area contributed by atoms with E-state index in [2.05, 4.69) is 0 Å². The van der Waals surface area contributed by atoms with Crippen LogP contribution in [-0.4, -0.2) is 15.6 Å². The molecule has 1 aromatic heterocycles. The lowest BCUT2D eigenvalue weighted by molar-refractivity contribution is 0.0694. The van der Waals surface area contributed by atoms with E-state index in [0.717, 1.165) is 25.0 Å². The van der Waals surface area contributed by atoms with Crippen LogP contribution < -0.4 is 5.43 Å². The van der Waals surface area contributed by atoms with Crippen molar-refractivity contribution in [3.8, 4) is 0 Å². The van der Waals surface area contributed by atoms with Gasteiger partial charge in [0.2, 0.25) is 0 Å². The molecule has 0 aromatic carbocycles. The summed E-state index contributed by atoms with van der Waals surface area (Å²) in [7, 11) is 0. The van der Waals surface area contributed by atoms with Crippen molar-refractivity contribution in [2.75, 3.05) is 0 Å². The van der Waals surface area contributed by atoms with Gasteiger partial charge in [0.15, 0.2) is 5.43 Å². The van der Waals surface area contributed by atoms with Crippen LogP contribution in [0.4, 0.5) is 0 Å². The van der Waals surface area contributed by atoms with Gasteiger partial charge in [-0.1, -0.05) is 6.92 Å². The topological polar surface area (TPSA) is 59.3 Å². The van der Waals surface area contributed by atoms with E-state index in [1.807, 2.05) is 11.5 Å². The van der Waals surface area contributed by atoms with Crippen molar-refractivity contribution in [3.05, 3.63) is 33.2 Å². The monoisotopic (exact) mass is 221 g/mol. The van der Waals surface area contributed by atoms with Crippen LogP contribution in [0.3, 0.4) is 0 Å². The van der Waals surface area contributed by atoms with E-state index in [1.54, 1.807) is 6.92 Å². The fraction of sp³-hybridized carbons (Fsp3) is 0.500. The normalized spacial score (nSPS) is 15.1. The highest BCUT2D eigenvalue weighted by molar-refractivity contribution is 5.87. The molecule has 0 aliphatic heterocycles. The molecule has 0 bridgehead atoms. The van der Waals surface area contributed by atoms with E-state index < -0.39 is 5.97 Å². The lowest BCUT2D eigenvalue weighted by atomic mass is 10.1. The number of nitrogens with zero attached hydrogens (tertiary/aromatic N) is 1. The number of hydrogen-bond donors (Lipinski definition) is 1. The third-order valence-corrected chi connectivity index (χ3v) is 3.10. The van der Waals surface area contributed by atoms with E-state index in [0.29, 0.717) is 11.6 Å². The summed E-state index contributed by atoms with van der Waals surface area (Å²) < 4.78 is 1.97. The highest BCUT2D eigenvalue weighted by Gasteiger charge is 2.27. The van der Waals surface area contributed by atoms with Crippen molar-refractivity contribution in [2.45, 2.75) is 39.2 Å². The first-order valence-electron chi connectivity index (χ1n) is 5.54. The van der Waals surface area contributed by atoms with Crippen LogP contribution in [0.15, 0.2) is 11.0 Å². The van der Waals surface area contributed by atoms with E-state index in [9.17, 15) is 9.59 Å². The second-order valence-corrected chi connectivity index (χ2v) is 4.24. The second kappa shape index (κ2) is 3.77. The minimum Gasteiger partial charge on any atom is -0.477 e. The van der Waals surface area contributed by atoms with E-state index in [1.165, 1.54) is 6.20 Å². The molecule has 1 fully saturated rings. The Balaban J connectivity index is 2.68. The average Bonchev–Trinajstić information content (AvgIpc) is 3.04. The number of carbonyl (C=O) groups is 1. The van der Waals surface area contributed by atoms with Gasteiger partial charge in [-0.05, 0) is 26.2 Å². The fourth-order valence-corrected chi connectivity index (χ4v) is 2.08. The Morgan fingerprint density at radius 1 is 1.56 bits per heavy atom. The molecule has 1 aromatic rings. The maximum Gasteiger partial charge on any atom is 0.341 e. The Labute approximate surface area is 93.5 Å². The van der Waals surface area contributed by atoms with Crippen molar-refractivity contribution in [1.29, 1.82) is 0 Å². The van der Waals surface area contributed by atoms with Crippen molar-refractivity contribution < 1.29 is 9.90 Å². The molecule has 1 saturated carbocycles. The molecule has 1 aliphatic rings. The number of pyridine rings is 1. The number of rotatable bonds is 3. The van der Waals surface area contributed by atoms with Crippen LogP contribution in [0.1, 0.15) is 47.4 Å². The van der Waals surface area contributed by atoms with Crippen molar-refractivity contribution in [1.82, 2.24) is 4.57 Å². The molecule has 1 aliphatic carbocycles. The Hall–Kier alpha value is -1.58. The molecule has 0 saturated heterocycles. The maximum absolute atomic E-state index is 11.8. The first kappa shape index (κ1) is 10.9. The fourth-order valence-electron chi connectivity index (χ4n) is 2.08. The van der Waals surface area contributed by atoms with Crippen LogP contribution in [0.25, 0.3) is 0 Å². The predicted molar refractivity (Wildman–Crippen MR) is 60.0 cm³/mol. The molecule has 1 heterocycles. The van der Waals surface area contributed by atoms with Gasteiger partial charge in [0, 0.05) is 23.5 Å². The van der Waals surface area contributed by atoms with Gasteiger partial charge in [-0.25, -0.2) is 4.79 Å². The summed E-state index contributed by atoms with van der Waals surface area (Å²) in [4.78, 5) is 22.7. The first-order chi connectivity index (χ1) is 7.56. The summed E-state index contributed by atoms with van der Waals surface area (Å²) in [6.45, 7) is 3.70. The minimum absolute atomic E-state index is 0.110. The van der Waals surface area contributed by atoms with Gasteiger partial charge in [0.1, 0.15) is 5.56 Å². The highest BCUT2D eigenvalue weighted by Crippen LogP contribution is 2.36. The maximum atomic E-state index is 11.8. The van der Waals surface area contributed by atoms with Crippen LogP contribution in [0.2, 0.25) is 0 Å². The molecular formula is C12H15NO3. The van der Waals surface area contributed by atoms with Crippen molar-refractivity contribution in [2.24, 2.45) is 0 Å². The molecule has 0 amide bonds. The van der Waals surface area contributed by atoms with E-state index in [4.69, 9.17) is 5.11 Å². The van der Waals surface area contributed by atoms with Gasteiger partial charge >= 0.3 is 5.97 Å². The summed E-state index contributed by atoms with van der Waals surface area (Å²) in [6.07, 6.45) is 4.42. The summed E-state index contributed by atoms with van der Waals surface area (Å²) in [5.74, 6) is -1.13. The second-order valence-electron chi connectivity index (χ2n) is 4.24. The van der Waals surface area contributed by atoms with Crippen molar-refractivity contribution in [3.63, 3.8) is 0 Å². The molecule has 86 valence electrons. The standard InChI is InChI=1S/C12H15NO3/c1-3-10-7(2)11(14)9(12(15)16)6-13(10)8-4-5-8/h6,8H,3-5H2,1-2H3,(H,15,16). The predicted octanol–water partition coefficient (Wildman–Crippen LogP) is 1.75. The van der Waals surface area contributed by atoms with Gasteiger partial charge in [0.05, 0.1) is 0 Å². The lowest BCUT2D eigenvalue weighted by Crippen LogP contribution is -2.23. The van der Waals surface area contributed by atoms with Crippen LogP contribution in [0, 0.1) is 6.92 Å². The van der Waals surface area contributed by atoms with Crippen LogP contribution in [-0.2, 0) is 6.42 Å². The van der Waals surface area contributed by atoms with Crippen molar-refractivity contribution >= 4 is 5.97 Å². The lowest BCUT2D eigenvalue weighted by Gasteiger charge is -2.14. The molecule has 0 unspecified atom stereocenters. The molecule has 16 heavy (non-hydrogen) atoms. The summed E-state index contributed by atoms with van der Waals surface area (Å²) in [5, 5.41) is 8.97. The molecule has 1 N–H and O–H groups in total. The summed E-state index contributed by atoms with van der Waals surface area (Å²) in [5.41, 5.74) is 1.09. The van der Waals surface area contributed by atoms with Gasteiger partial charge in [-0.15, -0.1) is 0 Å². The molecular weight excluding hydrogens is 206 g/mol. The number of carboxylic acids is 1. The number of carboxylic acid groups (broad SMARTS) is 1. The Morgan fingerprint density at radius 3 is 2.62 bits per heavy atom. The Kier molecular flexibility index (Phi) is 2.58. The molecule has 4 nitrogen and oxygen atoms in total. The zero-order valence-corrected chi connectivity index (χ0v) is 9.49. The Bertz CT molecular complexity index is 498. The zero-order valence-electron chi connectivity index (χ0n) is 9.49. The summed E-state index contributed by atoms with van der Waals surface area (Å²) in [6, 6.07) is 0.396. The average molecular weight is 221 g/mol. The Morgan fingerprint density at radius 2 is 2.19 bits per heavy atom. The van der Waals surface area contributed by atoms with Gasteiger partial charge in [-0.3, -0.25) is 4.79 Å². The van der Waals surface area contributed by atoms with E-state index in [-0.39, 0.29) is 11.0 Å². The van der Waals surface area contributed by atoms with Crippen LogP contribution in [0.5, 0.6) is 0 Å². The molecule has 0 radical (unpaired) electrons. The number of aromatic carboxylic acids is 1. The van der Waals surface area contributed by atoms with Crippen LogP contribution >= 0.6 is 0 Å². The van der Waals surface area contributed by atoms with Gasteiger partial charge < -0.3 is 9.67 Å². The van der Waals surface area contributed by atoms with Gasteiger partial charge in [0.25, 0.3) is 0 Å². The smallest absolute Gasteiger partial charge is 0.341 e. The quantitative estimate of drug-likeness (QED) is 0.845. The SMILES string of the molecule is CCc1c(C)c(=O)c(C(=O)O)cn1C1CC1. The largest absolute Gasteiger partial charge is 0.477 e. The van der Waals surface area contributed by atoms with Gasteiger partial charge in [-0.2, -0.15) is 0 Å². The molecule has 2 rings (SSSR count). The molecule has 4 heteroatoms. The highest BCUT2D eigenvalue weighted by atomic mass is 16.4. The summed E-state index contributed by atoms with van der Waals surface area (Å²) >= 11 is 0. The molecule has 0 atom stereocenters. The van der Waals surface area contributed by atoms with E-state index >= 15 is 0 Å². The number of aromatic nitrogens is 1. The third-order valence-electron chi connectivity index (χ3n) is 3.10. The zero-order chi connectivity index (χ0) is 11.9. The minimum atomic E-state index is -1.13. The molecule has 0 spiro atoms. The number of hydrogen-bond acceptors (Lipinski definition) is 2. The third kappa shape index (κ3) is 1.64. The first-order valence-corrected chi connectivity index (χ1v) is 5.54.